The molecular weight excluding hydrogens is 418 g/mol. The summed E-state index contributed by atoms with van der Waals surface area (Å²) in [5.41, 5.74) is 12.3. The minimum atomic E-state index is -0.0415. The third kappa shape index (κ3) is 4.23. The maximum Gasteiger partial charge on any atom is 0.162 e. The van der Waals surface area contributed by atoms with E-state index in [0.29, 0.717) is 12.4 Å². The lowest BCUT2D eigenvalue weighted by Crippen LogP contribution is -2.31. The molecule has 160 valence electrons. The molecule has 0 aliphatic rings. The molecule has 0 radical (unpaired) electrons. The summed E-state index contributed by atoms with van der Waals surface area (Å²) in [5, 5.41) is 13.0. The van der Waals surface area contributed by atoms with Crippen LogP contribution in [0.3, 0.4) is 0 Å². The van der Waals surface area contributed by atoms with Gasteiger partial charge in [0.1, 0.15) is 5.82 Å². The van der Waals surface area contributed by atoms with Crippen molar-refractivity contribution >= 4 is 27.4 Å². The van der Waals surface area contributed by atoms with Crippen LogP contribution in [0.2, 0.25) is 0 Å². The Balaban J connectivity index is 1.50. The molecule has 0 aliphatic heterocycles. The van der Waals surface area contributed by atoms with E-state index in [-0.39, 0.29) is 6.04 Å². The van der Waals surface area contributed by atoms with Crippen molar-refractivity contribution in [3.8, 4) is 22.6 Å². The zero-order chi connectivity index (χ0) is 21.9. The number of rotatable bonds is 7. The van der Waals surface area contributed by atoms with Crippen molar-refractivity contribution in [3.63, 3.8) is 0 Å². The van der Waals surface area contributed by atoms with Crippen LogP contribution in [0.1, 0.15) is 11.3 Å². The second-order valence-electron chi connectivity index (χ2n) is 7.73. The van der Waals surface area contributed by atoms with Gasteiger partial charge >= 0.3 is 0 Å². The van der Waals surface area contributed by atoms with Crippen molar-refractivity contribution in [1.82, 2.24) is 25.1 Å². The Bertz CT molecular complexity index is 1330. The summed E-state index contributed by atoms with van der Waals surface area (Å²) in [6.07, 6.45) is 4.29. The van der Waals surface area contributed by atoms with Gasteiger partial charge in [0.25, 0.3) is 0 Å². The number of nitrogens with one attached hydrogen (secondary N) is 2. The van der Waals surface area contributed by atoms with E-state index in [1.165, 1.54) is 5.56 Å². The maximum absolute atomic E-state index is 6.42. The number of hydrogen-bond donors (Lipinski definition) is 3. The summed E-state index contributed by atoms with van der Waals surface area (Å²) in [6.45, 7) is 2.59. The molecule has 0 saturated carbocycles. The molecule has 4 heterocycles. The fourth-order valence-corrected chi connectivity index (χ4v) is 4.59. The van der Waals surface area contributed by atoms with Crippen LogP contribution in [0.4, 0.5) is 5.82 Å². The molecule has 1 atom stereocenters. The van der Waals surface area contributed by atoms with E-state index in [1.54, 1.807) is 23.7 Å². The highest BCUT2D eigenvalue weighted by Gasteiger charge is 2.18. The van der Waals surface area contributed by atoms with Gasteiger partial charge in [-0.25, -0.2) is 9.97 Å². The lowest BCUT2D eigenvalue weighted by atomic mass is 10.1. The SMILES string of the molecule is Cc1cc(-c2csc3c(NCC(N)Cc4ccccc4)nc(-c4ccncc4)nc23)n[nH]1. The Hall–Kier alpha value is -3.62. The van der Waals surface area contributed by atoms with Crippen LogP contribution in [0.5, 0.6) is 0 Å². The van der Waals surface area contributed by atoms with Crippen LogP contribution in [-0.2, 0) is 6.42 Å². The topological polar surface area (TPSA) is 105 Å². The zero-order valence-corrected chi connectivity index (χ0v) is 18.4. The Morgan fingerprint density at radius 2 is 1.91 bits per heavy atom. The first-order valence-electron chi connectivity index (χ1n) is 10.4. The van der Waals surface area contributed by atoms with Crippen molar-refractivity contribution in [2.24, 2.45) is 5.73 Å². The lowest BCUT2D eigenvalue weighted by molar-refractivity contribution is 0.698. The standard InChI is InChI=1S/C24H23N7S/c1-15-11-20(31-30-15)19-14-32-22-21(19)28-23(17-7-9-26-10-8-17)29-24(22)27-13-18(25)12-16-5-3-2-4-6-16/h2-11,14,18H,12-13,25H2,1H3,(H,30,31)(H,27,28,29). The maximum atomic E-state index is 6.42. The van der Waals surface area contributed by atoms with Crippen LogP contribution in [0.15, 0.2) is 66.3 Å². The van der Waals surface area contributed by atoms with Gasteiger partial charge in [-0.2, -0.15) is 5.10 Å². The van der Waals surface area contributed by atoms with E-state index in [9.17, 15) is 0 Å². The van der Waals surface area contributed by atoms with Gasteiger partial charge in [-0.05, 0) is 37.1 Å². The van der Waals surface area contributed by atoms with E-state index >= 15 is 0 Å². The Kier molecular flexibility index (Phi) is 5.62. The third-order valence-corrected chi connectivity index (χ3v) is 6.18. The summed E-state index contributed by atoms with van der Waals surface area (Å²) >= 11 is 1.61. The Morgan fingerprint density at radius 1 is 1.09 bits per heavy atom. The smallest absolute Gasteiger partial charge is 0.162 e. The minimum absolute atomic E-state index is 0.0415. The highest BCUT2D eigenvalue weighted by atomic mass is 32.1. The van der Waals surface area contributed by atoms with Crippen LogP contribution < -0.4 is 11.1 Å². The van der Waals surface area contributed by atoms with Crippen molar-refractivity contribution in [1.29, 1.82) is 0 Å². The Morgan fingerprint density at radius 3 is 2.66 bits per heavy atom. The average molecular weight is 442 g/mol. The number of H-pyrrole nitrogens is 1. The number of fused-ring (bicyclic) bond motifs is 1. The van der Waals surface area contributed by atoms with E-state index < -0.39 is 0 Å². The fraction of sp³-hybridized carbons (Fsp3) is 0.167. The predicted molar refractivity (Wildman–Crippen MR) is 130 cm³/mol. The molecule has 5 rings (SSSR count). The number of aryl methyl sites for hydroxylation is 1. The lowest BCUT2D eigenvalue weighted by Gasteiger charge is -2.14. The molecule has 7 nitrogen and oxygen atoms in total. The molecule has 0 spiro atoms. The number of pyridine rings is 1. The molecule has 4 N–H and O–H groups in total. The second-order valence-corrected chi connectivity index (χ2v) is 8.61. The first kappa shape index (κ1) is 20.3. The van der Waals surface area contributed by atoms with Gasteiger partial charge in [0.05, 0.1) is 15.9 Å². The molecule has 8 heteroatoms. The number of hydrogen-bond acceptors (Lipinski definition) is 7. The number of benzene rings is 1. The quantitative estimate of drug-likeness (QED) is 0.345. The first-order valence-corrected chi connectivity index (χ1v) is 11.3. The van der Waals surface area contributed by atoms with Crippen molar-refractivity contribution < 1.29 is 0 Å². The Labute approximate surface area is 189 Å². The summed E-state index contributed by atoms with van der Waals surface area (Å²) in [4.78, 5) is 13.8. The van der Waals surface area contributed by atoms with Gasteiger partial charge in [0.15, 0.2) is 5.82 Å². The van der Waals surface area contributed by atoms with Crippen molar-refractivity contribution in [3.05, 3.63) is 77.6 Å². The van der Waals surface area contributed by atoms with Crippen molar-refractivity contribution in [2.75, 3.05) is 11.9 Å². The number of aromatic amines is 1. The zero-order valence-electron chi connectivity index (χ0n) is 17.6. The molecule has 0 bridgehead atoms. The van der Waals surface area contributed by atoms with Gasteiger partial charge in [0.2, 0.25) is 0 Å². The monoisotopic (exact) mass is 441 g/mol. The first-order chi connectivity index (χ1) is 15.7. The van der Waals surface area contributed by atoms with Crippen LogP contribution >= 0.6 is 11.3 Å². The number of nitrogens with zero attached hydrogens (tertiary/aromatic N) is 4. The van der Waals surface area contributed by atoms with E-state index in [0.717, 1.165) is 45.0 Å². The largest absolute Gasteiger partial charge is 0.367 e. The van der Waals surface area contributed by atoms with Gasteiger partial charge in [-0.3, -0.25) is 10.1 Å². The van der Waals surface area contributed by atoms with Gasteiger partial charge in [-0.1, -0.05) is 30.3 Å². The number of aromatic nitrogens is 5. The molecule has 0 fully saturated rings. The summed E-state index contributed by atoms with van der Waals surface area (Å²) in [7, 11) is 0. The number of nitrogens with two attached hydrogens (primary N) is 1. The van der Waals surface area contributed by atoms with Crippen LogP contribution in [0, 0.1) is 6.92 Å². The third-order valence-electron chi connectivity index (χ3n) is 5.21. The molecule has 0 amide bonds. The molecule has 32 heavy (non-hydrogen) atoms. The molecule has 5 aromatic rings. The summed E-state index contributed by atoms with van der Waals surface area (Å²) in [6, 6.07) is 16.1. The number of anilines is 1. The van der Waals surface area contributed by atoms with Gasteiger partial charge in [-0.15, -0.1) is 11.3 Å². The van der Waals surface area contributed by atoms with Gasteiger partial charge < -0.3 is 11.1 Å². The van der Waals surface area contributed by atoms with Crippen molar-refractivity contribution in [2.45, 2.75) is 19.4 Å². The molecule has 0 saturated heterocycles. The van der Waals surface area contributed by atoms with E-state index in [1.807, 2.05) is 43.3 Å². The highest BCUT2D eigenvalue weighted by molar-refractivity contribution is 7.18. The van der Waals surface area contributed by atoms with E-state index in [4.69, 9.17) is 15.7 Å². The number of thiophene rings is 1. The highest BCUT2D eigenvalue weighted by Crippen LogP contribution is 2.37. The molecule has 1 aromatic carbocycles. The van der Waals surface area contributed by atoms with Crippen LogP contribution in [-0.4, -0.2) is 37.7 Å². The molecule has 1 unspecified atom stereocenters. The predicted octanol–water partition coefficient (Wildman–Crippen LogP) is 4.43. The second kappa shape index (κ2) is 8.86. The minimum Gasteiger partial charge on any atom is -0.367 e. The summed E-state index contributed by atoms with van der Waals surface area (Å²) < 4.78 is 0.991. The molecule has 0 aliphatic carbocycles. The van der Waals surface area contributed by atoms with Crippen LogP contribution in [0.25, 0.3) is 32.9 Å². The van der Waals surface area contributed by atoms with Gasteiger partial charge in [0, 0.05) is 47.2 Å². The molecular formula is C24H23N7S. The normalized spacial score (nSPS) is 12.2. The summed E-state index contributed by atoms with van der Waals surface area (Å²) in [5.74, 6) is 1.43. The fourth-order valence-electron chi connectivity index (χ4n) is 3.62. The molecule has 4 aromatic heterocycles. The van der Waals surface area contributed by atoms with E-state index in [2.05, 4.69) is 38.0 Å². The average Bonchev–Trinajstić information content (AvgIpc) is 3.44.